The van der Waals surface area contributed by atoms with Gasteiger partial charge in [0, 0.05) is 6.42 Å². The molecule has 0 bridgehead atoms. The van der Waals surface area contributed by atoms with Crippen LogP contribution in [0.1, 0.15) is 348 Å². The number of allylic oxidation sites excluding steroid dienone is 7. The van der Waals surface area contributed by atoms with E-state index in [4.69, 9.17) is 18.9 Å². The molecule has 2 fully saturated rings. The summed E-state index contributed by atoms with van der Waals surface area (Å²) < 4.78 is 22.9. The van der Waals surface area contributed by atoms with E-state index in [0.717, 1.165) is 44.9 Å². The number of rotatable bonds is 65. The molecule has 0 saturated carbocycles. The zero-order valence-electron chi connectivity index (χ0n) is 59.1. The van der Waals surface area contributed by atoms with Gasteiger partial charge in [0.15, 0.2) is 12.6 Å². The number of hydrogen-bond acceptors (Lipinski definition) is 13. The Morgan fingerprint density at radius 1 is 0.380 bits per heavy atom. The number of carbonyl (C=O) groups excluding carboxylic acids is 1. The molecule has 0 spiro atoms. The van der Waals surface area contributed by atoms with Crippen molar-refractivity contribution in [2.45, 2.75) is 421 Å². The molecular weight excluding hydrogens is 1160 g/mol. The fourth-order valence-electron chi connectivity index (χ4n) is 12.8. The molecule has 2 rings (SSSR count). The average molecular weight is 1310 g/mol. The number of aliphatic hydroxyl groups is 8. The van der Waals surface area contributed by atoms with E-state index >= 15 is 0 Å². The van der Waals surface area contributed by atoms with E-state index in [1.807, 2.05) is 6.08 Å². The summed E-state index contributed by atoms with van der Waals surface area (Å²) in [5.41, 5.74) is 0. The number of unbranched alkanes of at least 4 members (excludes halogenated alkanes) is 46. The second-order valence-electron chi connectivity index (χ2n) is 27.5. The second kappa shape index (κ2) is 62.5. The maximum atomic E-state index is 13.4. The number of hydrogen-bond donors (Lipinski definition) is 9. The molecule has 12 atom stereocenters. The van der Waals surface area contributed by atoms with Crippen molar-refractivity contribution in [1.82, 2.24) is 5.32 Å². The van der Waals surface area contributed by atoms with Gasteiger partial charge >= 0.3 is 0 Å². The lowest BCUT2D eigenvalue weighted by molar-refractivity contribution is -0.359. The van der Waals surface area contributed by atoms with Crippen LogP contribution in [-0.2, 0) is 23.7 Å². The standard InChI is InChI=1S/C78H145NO13/c1-3-5-7-9-11-13-15-17-19-21-23-25-26-27-28-29-30-31-32-33-34-35-36-37-38-39-40-42-44-46-48-50-52-54-56-58-60-62-70(83)79-66(67(82)61-59-57-55-53-51-49-47-45-43-41-24-22-20-18-16-14-12-10-8-6-4-2)65-89-77-75(88)73(86)76(69(64-81)91-77)92-78-74(87)72(85)71(84)68(63-80)90-78/h21,23,43,45,51,53,59,61,66-69,71-78,80-82,84-88H,3-20,22,24-42,44,46-50,52,54-58,60,62-65H2,1-2H3,(H,79,83)/b23-21-,45-43+,53-51+,61-59+. The first-order valence-electron chi connectivity index (χ1n) is 38.9. The zero-order chi connectivity index (χ0) is 66.6. The van der Waals surface area contributed by atoms with Crippen molar-refractivity contribution in [3.63, 3.8) is 0 Å². The minimum Gasteiger partial charge on any atom is -0.394 e. The lowest BCUT2D eigenvalue weighted by Crippen LogP contribution is -2.65. The molecule has 0 aromatic carbocycles. The molecule has 14 nitrogen and oxygen atoms in total. The van der Waals surface area contributed by atoms with Gasteiger partial charge in [0.05, 0.1) is 32.0 Å². The minimum atomic E-state index is -1.79. The molecule has 0 aromatic rings. The SMILES string of the molecule is CCCCCCCCCC/C=C\CCCCCCCCCCCCCCCCCCCCCCCCCCCC(=O)NC(COC1OC(CO)C(OC2OC(CO)C(O)C(O)C2O)C(O)C1O)C(O)/C=C/CC/C=C/CC/C=C/CCCCCCCCCCCCC. The largest absolute Gasteiger partial charge is 0.394 e. The summed E-state index contributed by atoms with van der Waals surface area (Å²) in [6, 6.07) is -0.938. The van der Waals surface area contributed by atoms with Crippen LogP contribution < -0.4 is 5.32 Å². The molecule has 9 N–H and O–H groups in total. The van der Waals surface area contributed by atoms with Crippen LogP contribution >= 0.6 is 0 Å². The number of amides is 1. The van der Waals surface area contributed by atoms with Gasteiger partial charge in [-0.25, -0.2) is 0 Å². The Morgan fingerprint density at radius 3 is 1.07 bits per heavy atom. The van der Waals surface area contributed by atoms with Gasteiger partial charge in [-0.15, -0.1) is 0 Å². The van der Waals surface area contributed by atoms with Crippen LogP contribution in [0.3, 0.4) is 0 Å². The highest BCUT2D eigenvalue weighted by Crippen LogP contribution is 2.30. The smallest absolute Gasteiger partial charge is 0.220 e. The van der Waals surface area contributed by atoms with Crippen LogP contribution in [0.5, 0.6) is 0 Å². The normalized spacial score (nSPS) is 22.9. The van der Waals surface area contributed by atoms with Crippen LogP contribution in [0, 0.1) is 0 Å². The third kappa shape index (κ3) is 45.5. The first kappa shape index (κ1) is 86.0. The highest BCUT2D eigenvalue weighted by atomic mass is 16.7. The first-order valence-corrected chi connectivity index (χ1v) is 38.9. The monoisotopic (exact) mass is 1300 g/mol. The van der Waals surface area contributed by atoms with Gasteiger partial charge in [0.25, 0.3) is 0 Å². The maximum Gasteiger partial charge on any atom is 0.220 e. The predicted octanol–water partition coefficient (Wildman–Crippen LogP) is 17.0. The Bertz CT molecular complexity index is 1730. The van der Waals surface area contributed by atoms with Crippen LogP contribution in [0.15, 0.2) is 48.6 Å². The number of carbonyl (C=O) groups is 1. The van der Waals surface area contributed by atoms with Crippen molar-refractivity contribution in [3.05, 3.63) is 48.6 Å². The lowest BCUT2D eigenvalue weighted by atomic mass is 9.97. The molecule has 2 aliphatic heterocycles. The molecule has 92 heavy (non-hydrogen) atoms. The Labute approximate surface area is 563 Å². The third-order valence-electron chi connectivity index (χ3n) is 19.0. The summed E-state index contributed by atoms with van der Waals surface area (Å²) in [6.45, 7) is 2.82. The summed E-state index contributed by atoms with van der Waals surface area (Å²) in [5, 5.41) is 87.5. The van der Waals surface area contributed by atoms with Crippen molar-refractivity contribution >= 4 is 5.91 Å². The van der Waals surface area contributed by atoms with Crippen LogP contribution in [0.4, 0.5) is 0 Å². The van der Waals surface area contributed by atoms with Crippen LogP contribution in [0.25, 0.3) is 0 Å². The minimum absolute atomic E-state index is 0.247. The van der Waals surface area contributed by atoms with Gasteiger partial charge < -0.3 is 65.1 Å². The molecule has 1 amide bonds. The van der Waals surface area contributed by atoms with Gasteiger partial charge in [0.2, 0.25) is 5.91 Å². The molecule has 14 heteroatoms. The number of ether oxygens (including phenoxy) is 4. The van der Waals surface area contributed by atoms with Crippen LogP contribution in [-0.4, -0.2) is 140 Å². The van der Waals surface area contributed by atoms with Gasteiger partial charge in [-0.3, -0.25) is 4.79 Å². The zero-order valence-corrected chi connectivity index (χ0v) is 59.1. The van der Waals surface area contributed by atoms with Crippen molar-refractivity contribution in [1.29, 1.82) is 0 Å². The summed E-state index contributed by atoms with van der Waals surface area (Å²) in [5.74, 6) is -0.247. The fourth-order valence-corrected chi connectivity index (χ4v) is 12.8. The number of aliphatic hydroxyl groups excluding tert-OH is 8. The van der Waals surface area contributed by atoms with Gasteiger partial charge in [-0.05, 0) is 70.6 Å². The van der Waals surface area contributed by atoms with E-state index in [-0.39, 0.29) is 18.9 Å². The van der Waals surface area contributed by atoms with E-state index in [1.165, 1.54) is 270 Å². The predicted molar refractivity (Wildman–Crippen MR) is 378 cm³/mol. The molecule has 2 saturated heterocycles. The molecular formula is C78H145NO13. The van der Waals surface area contributed by atoms with E-state index in [0.29, 0.717) is 12.8 Å². The topological polar surface area (TPSA) is 228 Å². The molecule has 540 valence electrons. The highest BCUT2D eigenvalue weighted by molar-refractivity contribution is 5.76. The van der Waals surface area contributed by atoms with Crippen molar-refractivity contribution in [3.8, 4) is 0 Å². The van der Waals surface area contributed by atoms with E-state index in [1.54, 1.807) is 6.08 Å². The van der Waals surface area contributed by atoms with E-state index < -0.39 is 86.8 Å². The van der Waals surface area contributed by atoms with Crippen molar-refractivity contribution < 1.29 is 64.6 Å². The molecule has 12 unspecified atom stereocenters. The molecule has 2 heterocycles. The van der Waals surface area contributed by atoms with E-state index in [2.05, 4.69) is 55.6 Å². The quantitative estimate of drug-likeness (QED) is 0.0204. The van der Waals surface area contributed by atoms with Gasteiger partial charge in [-0.2, -0.15) is 0 Å². The Morgan fingerprint density at radius 2 is 0.696 bits per heavy atom. The second-order valence-corrected chi connectivity index (χ2v) is 27.5. The lowest BCUT2D eigenvalue weighted by Gasteiger charge is -2.46. The summed E-state index contributed by atoms with van der Waals surface area (Å²) in [4.78, 5) is 13.4. The Balaban J connectivity index is 1.60. The molecule has 0 aromatic heterocycles. The average Bonchev–Trinajstić information content (AvgIpc) is 0.915. The molecule has 2 aliphatic rings. The summed E-state index contributed by atoms with van der Waals surface area (Å²) >= 11 is 0. The summed E-state index contributed by atoms with van der Waals surface area (Å²) in [7, 11) is 0. The maximum absolute atomic E-state index is 13.4. The third-order valence-corrected chi connectivity index (χ3v) is 19.0. The van der Waals surface area contributed by atoms with Gasteiger partial charge in [0.1, 0.15) is 48.8 Å². The molecule has 0 aliphatic carbocycles. The Hall–Kier alpha value is -2.05. The number of nitrogens with one attached hydrogen (secondary N) is 1. The van der Waals surface area contributed by atoms with E-state index in [9.17, 15) is 45.6 Å². The van der Waals surface area contributed by atoms with Crippen molar-refractivity contribution in [2.24, 2.45) is 0 Å². The fraction of sp³-hybridized carbons (Fsp3) is 0.885. The highest BCUT2D eigenvalue weighted by Gasteiger charge is 2.51. The van der Waals surface area contributed by atoms with Gasteiger partial charge in [-0.1, -0.05) is 319 Å². The Kier molecular flexibility index (Phi) is 58.4. The molecule has 0 radical (unpaired) electrons. The first-order chi connectivity index (χ1) is 45.1. The van der Waals surface area contributed by atoms with Crippen molar-refractivity contribution in [2.75, 3.05) is 19.8 Å². The summed E-state index contributed by atoms with van der Waals surface area (Å²) in [6.07, 6.45) is 66.3. The van der Waals surface area contributed by atoms with Crippen LogP contribution in [0.2, 0.25) is 0 Å².